The summed E-state index contributed by atoms with van der Waals surface area (Å²) in [5.41, 5.74) is 0. The first-order valence-corrected chi connectivity index (χ1v) is 6.77. The Balaban J connectivity index is 2.08. The van der Waals surface area contributed by atoms with Gasteiger partial charge in [-0.2, -0.15) is 0 Å². The Morgan fingerprint density at radius 1 is 1.44 bits per heavy atom. The summed E-state index contributed by atoms with van der Waals surface area (Å²) in [5.74, 6) is 0.803. The Morgan fingerprint density at radius 3 is 2.56 bits per heavy atom. The van der Waals surface area contributed by atoms with E-state index in [2.05, 4.69) is 31.0 Å². The predicted molar refractivity (Wildman–Crippen MR) is 64.9 cm³/mol. The van der Waals surface area contributed by atoms with E-state index in [1.807, 2.05) is 0 Å². The van der Waals surface area contributed by atoms with Crippen LogP contribution in [0.3, 0.4) is 0 Å². The Hall–Kier alpha value is -0.570. The molecule has 3 heteroatoms. The number of carbonyl (C=O) groups excluding carboxylic acids is 1. The third-order valence-corrected chi connectivity index (χ3v) is 4.30. The van der Waals surface area contributed by atoms with Gasteiger partial charge in [-0.25, -0.2) is 0 Å². The smallest absolute Gasteiger partial charge is 0.241 e. The summed E-state index contributed by atoms with van der Waals surface area (Å²) in [7, 11) is 0. The standard InChI is InChI=1S/C13H24N2O/c1-4-9(3)12-13(16)15(10-7-6-8-10)11(5-2)14-12/h9-12,14H,4-8H2,1-3H3. The van der Waals surface area contributed by atoms with Crippen LogP contribution in [-0.4, -0.2) is 29.1 Å². The van der Waals surface area contributed by atoms with Gasteiger partial charge in [-0.15, -0.1) is 0 Å². The van der Waals surface area contributed by atoms with Gasteiger partial charge in [-0.05, 0) is 31.6 Å². The quantitative estimate of drug-likeness (QED) is 0.793. The molecular weight excluding hydrogens is 200 g/mol. The maximum atomic E-state index is 12.4. The zero-order chi connectivity index (χ0) is 11.7. The summed E-state index contributed by atoms with van der Waals surface area (Å²) in [4.78, 5) is 14.5. The number of hydrogen-bond donors (Lipinski definition) is 1. The number of nitrogens with one attached hydrogen (secondary N) is 1. The molecule has 2 fully saturated rings. The molecule has 0 bridgehead atoms. The van der Waals surface area contributed by atoms with E-state index in [9.17, 15) is 4.79 Å². The van der Waals surface area contributed by atoms with Crippen LogP contribution in [-0.2, 0) is 4.79 Å². The molecule has 1 amide bonds. The molecule has 1 aliphatic heterocycles. The molecular formula is C13H24N2O. The number of nitrogens with zero attached hydrogens (tertiary/aromatic N) is 1. The van der Waals surface area contributed by atoms with Gasteiger partial charge < -0.3 is 4.90 Å². The highest BCUT2D eigenvalue weighted by Gasteiger charge is 2.44. The highest BCUT2D eigenvalue weighted by Crippen LogP contribution is 2.31. The Kier molecular flexibility index (Phi) is 3.53. The molecule has 92 valence electrons. The van der Waals surface area contributed by atoms with Crippen molar-refractivity contribution in [2.24, 2.45) is 5.92 Å². The maximum Gasteiger partial charge on any atom is 0.241 e. The maximum absolute atomic E-state index is 12.4. The van der Waals surface area contributed by atoms with Crippen LogP contribution in [0.15, 0.2) is 0 Å². The van der Waals surface area contributed by atoms with Crippen LogP contribution < -0.4 is 5.32 Å². The van der Waals surface area contributed by atoms with Crippen molar-refractivity contribution in [2.75, 3.05) is 0 Å². The molecule has 3 unspecified atom stereocenters. The van der Waals surface area contributed by atoms with E-state index in [1.54, 1.807) is 0 Å². The molecule has 0 radical (unpaired) electrons. The first-order chi connectivity index (χ1) is 7.69. The fraction of sp³-hybridized carbons (Fsp3) is 0.923. The van der Waals surface area contributed by atoms with Crippen molar-refractivity contribution in [1.82, 2.24) is 10.2 Å². The molecule has 3 nitrogen and oxygen atoms in total. The first kappa shape index (κ1) is 11.9. The van der Waals surface area contributed by atoms with Gasteiger partial charge in [-0.3, -0.25) is 10.1 Å². The zero-order valence-electron chi connectivity index (χ0n) is 10.7. The summed E-state index contributed by atoms with van der Waals surface area (Å²) in [5, 5.41) is 3.52. The molecule has 2 aliphatic rings. The van der Waals surface area contributed by atoms with Crippen LogP contribution in [0.5, 0.6) is 0 Å². The number of amides is 1. The fourth-order valence-corrected chi connectivity index (χ4v) is 2.73. The summed E-state index contributed by atoms with van der Waals surface area (Å²) in [6, 6.07) is 0.592. The van der Waals surface area contributed by atoms with E-state index in [4.69, 9.17) is 0 Å². The molecule has 2 rings (SSSR count). The Morgan fingerprint density at radius 2 is 2.12 bits per heavy atom. The fourth-order valence-electron chi connectivity index (χ4n) is 2.73. The van der Waals surface area contributed by atoms with Crippen LogP contribution in [0.1, 0.15) is 52.9 Å². The summed E-state index contributed by atoms with van der Waals surface area (Å²) >= 11 is 0. The van der Waals surface area contributed by atoms with E-state index in [-0.39, 0.29) is 12.2 Å². The van der Waals surface area contributed by atoms with E-state index < -0.39 is 0 Å². The van der Waals surface area contributed by atoms with E-state index in [0.29, 0.717) is 17.9 Å². The number of rotatable bonds is 4. The summed E-state index contributed by atoms with van der Waals surface area (Å²) in [6.07, 6.45) is 6.08. The molecule has 1 N–H and O–H groups in total. The van der Waals surface area contributed by atoms with Gasteiger partial charge in [0.05, 0.1) is 12.2 Å². The van der Waals surface area contributed by atoms with Crippen LogP contribution in [0.4, 0.5) is 0 Å². The van der Waals surface area contributed by atoms with Gasteiger partial charge in [0.25, 0.3) is 0 Å². The highest BCUT2D eigenvalue weighted by atomic mass is 16.2. The van der Waals surface area contributed by atoms with Crippen LogP contribution in [0.25, 0.3) is 0 Å². The van der Waals surface area contributed by atoms with Crippen molar-refractivity contribution in [3.05, 3.63) is 0 Å². The topological polar surface area (TPSA) is 32.3 Å². The van der Waals surface area contributed by atoms with Crippen molar-refractivity contribution in [2.45, 2.75) is 71.1 Å². The van der Waals surface area contributed by atoms with Gasteiger partial charge in [0.1, 0.15) is 0 Å². The third-order valence-electron chi connectivity index (χ3n) is 4.30. The predicted octanol–water partition coefficient (Wildman–Crippen LogP) is 2.12. The lowest BCUT2D eigenvalue weighted by atomic mass is 9.90. The molecule has 0 aromatic heterocycles. The van der Waals surface area contributed by atoms with Crippen molar-refractivity contribution in [3.63, 3.8) is 0 Å². The van der Waals surface area contributed by atoms with Gasteiger partial charge in [-0.1, -0.05) is 27.2 Å². The molecule has 3 atom stereocenters. The average molecular weight is 224 g/mol. The minimum absolute atomic E-state index is 0.0653. The second-order valence-electron chi connectivity index (χ2n) is 5.28. The molecule has 1 saturated heterocycles. The zero-order valence-corrected chi connectivity index (χ0v) is 10.7. The highest BCUT2D eigenvalue weighted by molar-refractivity contribution is 5.85. The minimum Gasteiger partial charge on any atom is -0.323 e. The average Bonchev–Trinajstić information content (AvgIpc) is 2.54. The lowest BCUT2D eigenvalue weighted by molar-refractivity contribution is -0.134. The van der Waals surface area contributed by atoms with E-state index >= 15 is 0 Å². The van der Waals surface area contributed by atoms with Crippen LogP contribution >= 0.6 is 0 Å². The molecule has 16 heavy (non-hydrogen) atoms. The molecule has 1 aliphatic carbocycles. The van der Waals surface area contributed by atoms with Crippen molar-refractivity contribution in [3.8, 4) is 0 Å². The van der Waals surface area contributed by atoms with Crippen LogP contribution in [0.2, 0.25) is 0 Å². The molecule has 0 spiro atoms. The Labute approximate surface area is 98.6 Å². The van der Waals surface area contributed by atoms with Gasteiger partial charge >= 0.3 is 0 Å². The Bertz CT molecular complexity index is 263. The number of hydrogen-bond acceptors (Lipinski definition) is 2. The van der Waals surface area contributed by atoms with Gasteiger partial charge in [0.2, 0.25) is 5.91 Å². The lowest BCUT2D eigenvalue weighted by Gasteiger charge is -2.38. The van der Waals surface area contributed by atoms with Gasteiger partial charge in [0.15, 0.2) is 0 Å². The SMILES string of the molecule is CCC(C)C1NC(CC)N(C2CCC2)C1=O. The van der Waals surface area contributed by atoms with Crippen molar-refractivity contribution >= 4 is 5.91 Å². The largest absolute Gasteiger partial charge is 0.323 e. The number of carbonyl (C=O) groups is 1. The van der Waals surface area contributed by atoms with Crippen molar-refractivity contribution in [1.29, 1.82) is 0 Å². The normalized spacial score (nSPS) is 32.9. The molecule has 1 heterocycles. The van der Waals surface area contributed by atoms with Gasteiger partial charge in [0, 0.05) is 6.04 Å². The minimum atomic E-state index is 0.0653. The second kappa shape index (κ2) is 4.74. The van der Waals surface area contributed by atoms with Crippen LogP contribution in [0, 0.1) is 5.92 Å². The summed E-state index contributed by atoms with van der Waals surface area (Å²) in [6.45, 7) is 6.49. The second-order valence-corrected chi connectivity index (χ2v) is 5.28. The van der Waals surface area contributed by atoms with E-state index in [0.717, 1.165) is 12.8 Å². The lowest BCUT2D eigenvalue weighted by Crippen LogP contribution is -2.47. The van der Waals surface area contributed by atoms with Crippen molar-refractivity contribution < 1.29 is 4.79 Å². The summed E-state index contributed by atoms with van der Waals surface area (Å²) < 4.78 is 0. The molecule has 0 aromatic carbocycles. The first-order valence-electron chi connectivity index (χ1n) is 6.77. The molecule has 0 aromatic rings. The third kappa shape index (κ3) is 1.86. The monoisotopic (exact) mass is 224 g/mol. The molecule has 1 saturated carbocycles. The van der Waals surface area contributed by atoms with E-state index in [1.165, 1.54) is 19.3 Å².